The quantitative estimate of drug-likeness (QED) is 0.105. The van der Waals surface area contributed by atoms with Crippen LogP contribution in [0.2, 0.25) is 0 Å². The predicted octanol–water partition coefficient (Wildman–Crippen LogP) is -13.1. The fraction of sp³-hybridized carbons (Fsp3) is 1.00. The van der Waals surface area contributed by atoms with Crippen LogP contribution in [0.3, 0.4) is 0 Å². The van der Waals surface area contributed by atoms with Gasteiger partial charge in [0, 0.05) is 0 Å². The van der Waals surface area contributed by atoms with E-state index in [9.17, 15) is 86.8 Å². The van der Waals surface area contributed by atoms with E-state index in [1.54, 1.807) is 0 Å². The molecule has 0 aromatic rings. The number of ether oxygens (including phenoxy) is 16. The molecule has 21 fully saturated rings. The van der Waals surface area contributed by atoms with E-state index in [0.717, 1.165) is 0 Å². The molecule has 21 aliphatic rings. The van der Waals surface area contributed by atoms with Crippen molar-refractivity contribution < 1.29 is 163 Å². The fourth-order valence-electron chi connectivity index (χ4n) is 10.9. The minimum absolute atomic E-state index is 0.778. The third-order valence-electron chi connectivity index (χ3n) is 15.2. The van der Waals surface area contributed by atoms with Crippen LogP contribution < -0.4 is 0 Å². The molecule has 0 aliphatic carbocycles. The molecule has 0 spiro atoms. The summed E-state index contributed by atoms with van der Waals surface area (Å²) in [5.74, 6) is 0. The van der Waals surface area contributed by atoms with Crippen molar-refractivity contribution in [2.45, 2.75) is 215 Å². The van der Waals surface area contributed by atoms with Crippen molar-refractivity contribution >= 4 is 0 Å². The molecule has 0 unspecified atom stereocenters. The number of hydrogen-bond acceptors (Lipinski definition) is 33. The van der Waals surface area contributed by atoms with Gasteiger partial charge in [-0.1, -0.05) is 0 Å². The summed E-state index contributed by atoms with van der Waals surface area (Å²) in [5.41, 5.74) is 0. The van der Waals surface area contributed by atoms with E-state index in [2.05, 4.69) is 0 Å². The minimum Gasteiger partial charge on any atom is -0.394 e. The molecule has 75 heavy (non-hydrogen) atoms. The fourth-order valence-corrected chi connectivity index (χ4v) is 10.9. The number of epoxide rings is 2. The molecule has 33 nitrogen and oxygen atoms in total. The van der Waals surface area contributed by atoms with Gasteiger partial charge in [-0.25, -0.2) is 0 Å². The average Bonchev–Trinajstić information content (AvgIpc) is 4.36. The van der Waals surface area contributed by atoms with Crippen LogP contribution in [0.25, 0.3) is 0 Å². The van der Waals surface area contributed by atoms with Gasteiger partial charge in [-0.3, -0.25) is 0 Å². The summed E-state index contributed by atoms with van der Waals surface area (Å²) in [6, 6.07) is 0. The molecule has 432 valence electrons. The molecule has 17 N–H and O–H groups in total. The van der Waals surface area contributed by atoms with Crippen molar-refractivity contribution in [3.8, 4) is 0 Å². The van der Waals surface area contributed by atoms with Gasteiger partial charge in [-0.15, -0.1) is 0 Å². The van der Waals surface area contributed by atoms with Crippen LogP contribution >= 0.6 is 0 Å². The molecule has 0 aromatic heterocycles. The SMILES string of the molecule is OC[C@@H]1O[C@@H]2O[C@H]3[C@@H]4O[C@@H]4[C@@H](O[C@H]4[C@H](O)[C@@H](O)[C@@H](O[C@H]5[C@@H]6O[C@@H]6[C@@H](O[C@H]6[C@H](O)[C@@H](O)[C@@H](O[C@H]7[C@@H](O)[C@@H](O)[C@@H](O[C@H]8[C@H](O)[C@@H](O)[C@@H](O[C@H]1[C@H](O)[C@H]2O)O[C@H]8CO)O[C@@H]7CO)O[C@@H]6CO)O[C@@H]5CO)O[C@@H]4CO)O[C@@H]3CO. The van der Waals surface area contributed by atoms with E-state index in [4.69, 9.17) is 75.8 Å². The molecule has 33 heteroatoms. The van der Waals surface area contributed by atoms with E-state index >= 15 is 0 Å². The first-order chi connectivity index (χ1) is 36.0. The van der Waals surface area contributed by atoms with Crippen LogP contribution in [0.1, 0.15) is 0 Å². The Kier molecular flexibility index (Phi) is 17.7. The molecule has 21 aliphatic heterocycles. The highest BCUT2D eigenvalue weighted by Gasteiger charge is 2.65. The number of rotatable bonds is 7. The summed E-state index contributed by atoms with van der Waals surface area (Å²) >= 11 is 0. The number of aliphatic hydroxyl groups excluding tert-OH is 17. The van der Waals surface area contributed by atoms with Gasteiger partial charge in [0.1, 0.15) is 171 Å². The summed E-state index contributed by atoms with van der Waals surface area (Å²) in [7, 11) is 0. The van der Waals surface area contributed by atoms with E-state index in [1.165, 1.54) is 0 Å². The van der Waals surface area contributed by atoms with Crippen molar-refractivity contribution in [1.82, 2.24) is 0 Å². The standard InChI is InChI=1S/C42H66O33/c43-1-8-25-15(50)21(56)37(61-8)71-27-10(3-45)63-39(23(58)17(27)52)74-30-13(6-48)66-42(35-32(30)67-35)73-29-12(5-47)64-40(24(59)19(29)54)75-31-14(7-49)65-41(34-33(31)68-34)72-28-11(4-46)62-38(22(57)18(28)53)70-26-9(2-44)60-36(69-25)20(55)16(26)51/h8-59H,1-7H2/t8-,9+,10-,11+,12+,13+,14+,15+,16-,17+,18+,19+,20+,21+,22+,23+,24+,25+,26+,27+,28+,29+,30+,31+,32-,33-,34-,35-,36+,37+,38+,39+,40+,41+,42+/m0/s1. The highest BCUT2D eigenvalue weighted by Crippen LogP contribution is 2.45. The van der Waals surface area contributed by atoms with Crippen molar-refractivity contribution in [2.24, 2.45) is 0 Å². The van der Waals surface area contributed by atoms with Gasteiger partial charge in [0.05, 0.1) is 46.2 Å². The number of hydrogen-bond donors (Lipinski definition) is 17. The van der Waals surface area contributed by atoms with E-state index in [1.807, 2.05) is 0 Å². The van der Waals surface area contributed by atoms with Gasteiger partial charge in [0.25, 0.3) is 0 Å². The third kappa shape index (κ3) is 10.6. The Balaban J connectivity index is 0.908. The Hall–Kier alpha value is -1.32. The van der Waals surface area contributed by atoms with Crippen molar-refractivity contribution in [3.05, 3.63) is 0 Å². The Bertz CT molecular complexity index is 1860. The van der Waals surface area contributed by atoms with E-state index in [0.29, 0.717) is 0 Å². The van der Waals surface area contributed by atoms with Gasteiger partial charge < -0.3 is 163 Å². The van der Waals surface area contributed by atoms with E-state index in [-0.39, 0.29) is 0 Å². The summed E-state index contributed by atoms with van der Waals surface area (Å²) in [4.78, 5) is 0. The van der Waals surface area contributed by atoms with Crippen molar-refractivity contribution in [3.63, 3.8) is 0 Å². The van der Waals surface area contributed by atoms with Crippen molar-refractivity contribution in [1.29, 1.82) is 0 Å². The second-order valence-electron chi connectivity index (χ2n) is 19.8. The Morgan fingerprint density at radius 2 is 0.333 bits per heavy atom. The maximum atomic E-state index is 11.4. The molecule has 21 heterocycles. The van der Waals surface area contributed by atoms with Crippen LogP contribution in [0.4, 0.5) is 0 Å². The Morgan fingerprint density at radius 3 is 0.547 bits per heavy atom. The minimum atomic E-state index is -2.14. The van der Waals surface area contributed by atoms with Crippen molar-refractivity contribution in [2.75, 3.05) is 46.2 Å². The molecule has 0 saturated carbocycles. The van der Waals surface area contributed by atoms with Crippen LogP contribution in [0.15, 0.2) is 0 Å². The molecule has 0 radical (unpaired) electrons. The lowest BCUT2D eigenvalue weighted by Crippen LogP contribution is -2.68. The normalized spacial score (nSPS) is 57.3. The third-order valence-corrected chi connectivity index (χ3v) is 15.2. The highest BCUT2D eigenvalue weighted by molar-refractivity contribution is 5.07. The first-order valence-corrected chi connectivity index (χ1v) is 24.5. The lowest BCUT2D eigenvalue weighted by atomic mass is 9.95. The van der Waals surface area contributed by atoms with Gasteiger partial charge in [0.15, 0.2) is 44.0 Å². The van der Waals surface area contributed by atoms with Gasteiger partial charge in [-0.2, -0.15) is 0 Å². The van der Waals surface area contributed by atoms with Gasteiger partial charge >= 0.3 is 0 Å². The molecular weight excluding hydrogens is 1030 g/mol. The highest BCUT2D eigenvalue weighted by atomic mass is 16.8. The largest absolute Gasteiger partial charge is 0.394 e. The van der Waals surface area contributed by atoms with E-state index < -0.39 is 261 Å². The summed E-state index contributed by atoms with van der Waals surface area (Å²) < 4.78 is 93.5. The summed E-state index contributed by atoms with van der Waals surface area (Å²) in [6.45, 7) is -6.20. The molecule has 35 atom stereocenters. The average molecular weight is 1100 g/mol. The lowest BCUT2D eigenvalue weighted by molar-refractivity contribution is -0.392. The van der Waals surface area contributed by atoms with Gasteiger partial charge in [-0.05, 0) is 0 Å². The zero-order valence-electron chi connectivity index (χ0n) is 39.3. The van der Waals surface area contributed by atoms with Crippen LogP contribution in [-0.2, 0) is 75.8 Å². The second kappa shape index (κ2) is 23.3. The zero-order chi connectivity index (χ0) is 53.5. The molecule has 0 amide bonds. The molecule has 14 bridgehead atoms. The smallest absolute Gasteiger partial charge is 0.187 e. The van der Waals surface area contributed by atoms with Crippen LogP contribution in [-0.4, -0.2) is 348 Å². The maximum Gasteiger partial charge on any atom is 0.187 e. The first-order valence-electron chi connectivity index (χ1n) is 24.5. The van der Waals surface area contributed by atoms with Crippen LogP contribution in [0.5, 0.6) is 0 Å². The monoisotopic (exact) mass is 1100 g/mol. The zero-order valence-corrected chi connectivity index (χ0v) is 39.3. The number of aliphatic hydroxyl groups is 17. The predicted molar refractivity (Wildman–Crippen MR) is 222 cm³/mol. The lowest BCUT2D eigenvalue weighted by Gasteiger charge is -2.49. The Labute approximate surface area is 423 Å². The molecule has 21 rings (SSSR count). The molecule has 0 aromatic carbocycles. The summed E-state index contributed by atoms with van der Waals surface area (Å²) in [6.07, 6.45) is -58.2. The second-order valence-corrected chi connectivity index (χ2v) is 19.8. The topological polar surface area (TPSA) is 498 Å². The summed E-state index contributed by atoms with van der Waals surface area (Å²) in [5, 5.41) is 186. The van der Waals surface area contributed by atoms with Gasteiger partial charge in [0.2, 0.25) is 0 Å². The molecule has 21 saturated heterocycles. The Morgan fingerprint density at radius 1 is 0.160 bits per heavy atom. The maximum absolute atomic E-state index is 11.4. The number of fused-ring (bicyclic) bond motifs is 2. The molecular formula is C42H66O33. The van der Waals surface area contributed by atoms with Crippen LogP contribution in [0, 0.1) is 0 Å². The first kappa shape index (κ1) is 56.9.